The smallest absolute Gasteiger partial charge is 0.264 e. The van der Waals surface area contributed by atoms with Crippen molar-refractivity contribution in [2.45, 2.75) is 24.0 Å². The average molecular weight is 547 g/mol. The maximum atomic E-state index is 13.6. The maximum absolute atomic E-state index is 13.6. The molecule has 0 aliphatic heterocycles. The zero-order valence-corrected chi connectivity index (χ0v) is 22.7. The molecule has 37 heavy (non-hydrogen) atoms. The van der Waals surface area contributed by atoms with E-state index < -0.39 is 22.5 Å². The van der Waals surface area contributed by atoms with Crippen LogP contribution in [0.15, 0.2) is 71.6 Å². The molecule has 10 heteroatoms. The minimum atomic E-state index is -4.04. The minimum Gasteiger partial charge on any atom is -0.493 e. The van der Waals surface area contributed by atoms with Crippen LogP contribution in [-0.2, 0) is 20.6 Å². The molecule has 0 bridgehead atoms. The average Bonchev–Trinajstić information content (AvgIpc) is 2.90. The molecule has 1 N–H and O–H groups in total. The summed E-state index contributed by atoms with van der Waals surface area (Å²) >= 11 is 1.68. The molecule has 0 saturated carbocycles. The summed E-state index contributed by atoms with van der Waals surface area (Å²) in [5, 5.41) is 2.81. The van der Waals surface area contributed by atoms with Gasteiger partial charge >= 0.3 is 0 Å². The second-order valence-electron chi connectivity index (χ2n) is 8.25. The Hall–Kier alpha value is -3.24. The molecule has 3 rings (SSSR count). The van der Waals surface area contributed by atoms with Crippen molar-refractivity contribution in [3.63, 3.8) is 0 Å². The highest BCUT2D eigenvalue weighted by Gasteiger charge is 2.28. The number of halogens is 1. The number of methoxy groups -OCH3 is 2. The van der Waals surface area contributed by atoms with Gasteiger partial charge in [-0.2, -0.15) is 11.8 Å². The zero-order valence-electron chi connectivity index (χ0n) is 21.1. The predicted octanol–water partition coefficient (Wildman–Crippen LogP) is 4.79. The number of aryl methyl sites for hydroxylation is 1. The second kappa shape index (κ2) is 13.3. The van der Waals surface area contributed by atoms with Crippen LogP contribution in [0.5, 0.6) is 11.5 Å². The van der Waals surface area contributed by atoms with Crippen LogP contribution in [0.1, 0.15) is 17.5 Å². The molecule has 0 saturated heterocycles. The summed E-state index contributed by atoms with van der Waals surface area (Å²) in [4.78, 5) is 12.9. The Morgan fingerprint density at radius 1 is 0.973 bits per heavy atom. The van der Waals surface area contributed by atoms with Crippen molar-refractivity contribution < 1.29 is 27.1 Å². The number of ether oxygens (including phenoxy) is 2. The summed E-state index contributed by atoms with van der Waals surface area (Å²) in [6.45, 7) is 1.88. The van der Waals surface area contributed by atoms with Gasteiger partial charge in [0.15, 0.2) is 11.5 Å². The Morgan fingerprint density at radius 3 is 2.30 bits per heavy atom. The Balaban J connectivity index is 1.66. The normalized spacial score (nSPS) is 11.1. The molecule has 0 aliphatic rings. The number of nitrogens with zero attached hydrogens (tertiary/aromatic N) is 1. The fourth-order valence-corrected chi connectivity index (χ4v) is 5.83. The molecule has 3 aromatic carbocycles. The van der Waals surface area contributed by atoms with E-state index in [-0.39, 0.29) is 16.4 Å². The molecule has 1 amide bonds. The number of carbonyl (C=O) groups excluding carboxylic acids is 1. The van der Waals surface area contributed by atoms with E-state index in [0.717, 1.165) is 26.9 Å². The first-order valence-electron chi connectivity index (χ1n) is 11.6. The maximum Gasteiger partial charge on any atom is 0.264 e. The number of sulfonamides is 1. The van der Waals surface area contributed by atoms with Crippen LogP contribution in [-0.4, -0.2) is 47.4 Å². The van der Waals surface area contributed by atoms with Crippen LogP contribution >= 0.6 is 11.8 Å². The van der Waals surface area contributed by atoms with E-state index in [4.69, 9.17) is 9.47 Å². The van der Waals surface area contributed by atoms with E-state index in [0.29, 0.717) is 24.5 Å². The van der Waals surface area contributed by atoms with Crippen molar-refractivity contribution in [2.24, 2.45) is 0 Å². The number of anilines is 1. The van der Waals surface area contributed by atoms with Gasteiger partial charge in [0.1, 0.15) is 12.4 Å². The van der Waals surface area contributed by atoms with Gasteiger partial charge in [-0.1, -0.05) is 29.8 Å². The fourth-order valence-electron chi connectivity index (χ4n) is 3.49. The first-order valence-corrected chi connectivity index (χ1v) is 14.2. The topological polar surface area (TPSA) is 84.9 Å². The molecule has 198 valence electrons. The third kappa shape index (κ3) is 7.87. The number of rotatable bonds is 13. The molecular weight excluding hydrogens is 515 g/mol. The molecule has 0 aromatic heterocycles. The van der Waals surface area contributed by atoms with E-state index >= 15 is 0 Å². The molecule has 0 unspecified atom stereocenters. The van der Waals surface area contributed by atoms with Crippen molar-refractivity contribution in [2.75, 3.05) is 37.4 Å². The monoisotopic (exact) mass is 546 g/mol. The number of hydrogen-bond donors (Lipinski definition) is 1. The van der Waals surface area contributed by atoms with Gasteiger partial charge in [-0.25, -0.2) is 12.8 Å². The summed E-state index contributed by atoms with van der Waals surface area (Å²) in [5.41, 5.74) is 2.23. The first kappa shape index (κ1) is 28.3. The van der Waals surface area contributed by atoms with Gasteiger partial charge < -0.3 is 14.8 Å². The van der Waals surface area contributed by atoms with Gasteiger partial charge in [0.05, 0.1) is 24.8 Å². The van der Waals surface area contributed by atoms with Crippen LogP contribution < -0.4 is 19.1 Å². The van der Waals surface area contributed by atoms with Crippen molar-refractivity contribution in [3.05, 3.63) is 83.7 Å². The van der Waals surface area contributed by atoms with Gasteiger partial charge in [-0.05, 0) is 61.1 Å². The molecule has 0 radical (unpaired) electrons. The van der Waals surface area contributed by atoms with Crippen LogP contribution in [0.25, 0.3) is 0 Å². The van der Waals surface area contributed by atoms with Crippen LogP contribution in [0.2, 0.25) is 0 Å². The molecule has 0 heterocycles. The number of nitrogens with one attached hydrogen (secondary N) is 1. The molecule has 7 nitrogen and oxygen atoms in total. The van der Waals surface area contributed by atoms with Crippen molar-refractivity contribution in [1.82, 2.24) is 5.32 Å². The third-order valence-corrected chi connectivity index (χ3v) is 8.42. The molecular formula is C27H31FN2O5S2. The van der Waals surface area contributed by atoms with Gasteiger partial charge in [0.25, 0.3) is 10.0 Å². The van der Waals surface area contributed by atoms with Crippen LogP contribution in [0.3, 0.4) is 0 Å². The summed E-state index contributed by atoms with van der Waals surface area (Å²) in [7, 11) is -1.09. The predicted molar refractivity (Wildman–Crippen MR) is 145 cm³/mol. The van der Waals surface area contributed by atoms with Crippen molar-refractivity contribution in [1.29, 1.82) is 0 Å². The van der Waals surface area contributed by atoms with Gasteiger partial charge in [-0.15, -0.1) is 0 Å². The van der Waals surface area contributed by atoms with Gasteiger partial charge in [-0.3, -0.25) is 9.10 Å². The molecule has 0 spiro atoms. The zero-order chi connectivity index (χ0) is 26.8. The van der Waals surface area contributed by atoms with E-state index in [2.05, 4.69) is 5.32 Å². The standard InChI is InChI=1S/C27H31FN2O5S2/c1-20-5-12-24(13-6-20)37(32,33)30(23-11-14-25(34-2)26(17-23)35-3)18-27(31)29-15-4-16-36-19-21-7-9-22(28)10-8-21/h5-14,17H,4,15-16,18-19H2,1-3H3,(H,29,31). The number of thioether (sulfide) groups is 1. The largest absolute Gasteiger partial charge is 0.493 e. The summed E-state index contributed by atoms with van der Waals surface area (Å²) in [5.74, 6) is 1.65. The fraction of sp³-hybridized carbons (Fsp3) is 0.296. The van der Waals surface area contributed by atoms with Gasteiger partial charge in [0.2, 0.25) is 5.91 Å². The number of hydrogen-bond acceptors (Lipinski definition) is 6. The van der Waals surface area contributed by atoms with Crippen LogP contribution in [0.4, 0.5) is 10.1 Å². The first-order chi connectivity index (χ1) is 17.7. The lowest BCUT2D eigenvalue weighted by atomic mass is 10.2. The highest BCUT2D eigenvalue weighted by atomic mass is 32.2. The summed E-state index contributed by atoms with van der Waals surface area (Å²) in [6.07, 6.45) is 0.707. The van der Waals surface area contributed by atoms with E-state index in [1.165, 1.54) is 44.6 Å². The lowest BCUT2D eigenvalue weighted by molar-refractivity contribution is -0.119. The number of carbonyl (C=O) groups is 1. The third-order valence-electron chi connectivity index (χ3n) is 5.52. The molecule has 0 atom stereocenters. The quantitative estimate of drug-likeness (QED) is 0.311. The lowest BCUT2D eigenvalue weighted by Crippen LogP contribution is -2.41. The number of amides is 1. The van der Waals surface area contributed by atoms with E-state index in [1.54, 1.807) is 48.2 Å². The molecule has 0 aliphatic carbocycles. The SMILES string of the molecule is COc1ccc(N(CC(=O)NCCCSCc2ccc(F)cc2)S(=O)(=O)c2ccc(C)cc2)cc1OC. The Labute approximate surface area is 222 Å². The lowest BCUT2D eigenvalue weighted by Gasteiger charge is -2.25. The van der Waals surface area contributed by atoms with E-state index in [1.807, 2.05) is 6.92 Å². The van der Waals surface area contributed by atoms with Crippen molar-refractivity contribution in [3.8, 4) is 11.5 Å². The Morgan fingerprint density at radius 2 is 1.65 bits per heavy atom. The van der Waals surface area contributed by atoms with Crippen LogP contribution in [0, 0.1) is 12.7 Å². The highest BCUT2D eigenvalue weighted by molar-refractivity contribution is 7.98. The Bertz CT molecular complexity index is 1280. The second-order valence-corrected chi connectivity index (χ2v) is 11.2. The van der Waals surface area contributed by atoms with Gasteiger partial charge in [0, 0.05) is 18.4 Å². The number of benzene rings is 3. The van der Waals surface area contributed by atoms with E-state index in [9.17, 15) is 17.6 Å². The summed E-state index contributed by atoms with van der Waals surface area (Å²) in [6, 6.07) is 17.5. The molecule has 3 aromatic rings. The molecule has 0 fully saturated rings. The summed E-state index contributed by atoms with van der Waals surface area (Å²) < 4.78 is 51.8. The minimum absolute atomic E-state index is 0.0814. The van der Waals surface area contributed by atoms with Crippen molar-refractivity contribution >= 4 is 33.4 Å². The Kier molecular flexibility index (Phi) is 10.2. The highest BCUT2D eigenvalue weighted by Crippen LogP contribution is 2.33.